The van der Waals surface area contributed by atoms with Gasteiger partial charge < -0.3 is 14.6 Å². The monoisotopic (exact) mass is 314 g/mol. The predicted molar refractivity (Wildman–Crippen MR) is 87.3 cm³/mol. The summed E-state index contributed by atoms with van der Waals surface area (Å²) in [5, 5.41) is 11.5. The number of ether oxygens (including phenoxy) is 2. The Bertz CT molecular complexity index is 439. The second-order valence-electron chi connectivity index (χ2n) is 4.71. The first kappa shape index (κ1) is 15.9. The minimum atomic E-state index is -0.501. The fraction of sp³-hybridized carbons (Fsp3) is 0.600. The Kier molecular flexibility index (Phi) is 5.93. The number of aliphatic hydroxyl groups excluding tert-OH is 1. The van der Waals surface area contributed by atoms with Gasteiger partial charge in [-0.25, -0.2) is 0 Å². The van der Waals surface area contributed by atoms with Crippen LogP contribution in [0.2, 0.25) is 0 Å². The number of aliphatic hydroxyl groups is 1. The quantitative estimate of drug-likeness (QED) is 0.902. The largest absolute Gasteiger partial charge is 0.497 e. The lowest BCUT2D eigenvalue weighted by molar-refractivity contribution is 0.168. The van der Waals surface area contributed by atoms with Crippen molar-refractivity contribution < 1.29 is 14.6 Å². The second-order valence-corrected chi connectivity index (χ2v) is 7.34. The van der Waals surface area contributed by atoms with Crippen molar-refractivity contribution in [3.8, 4) is 11.5 Å². The van der Waals surface area contributed by atoms with Crippen molar-refractivity contribution >= 4 is 23.5 Å². The Morgan fingerprint density at radius 2 is 2.00 bits per heavy atom. The molecule has 1 saturated heterocycles. The smallest absolute Gasteiger partial charge is 0.128 e. The zero-order chi connectivity index (χ0) is 14.5. The van der Waals surface area contributed by atoms with Gasteiger partial charge in [0, 0.05) is 33.6 Å². The number of rotatable bonds is 5. The van der Waals surface area contributed by atoms with Gasteiger partial charge in [0.2, 0.25) is 0 Å². The van der Waals surface area contributed by atoms with Crippen molar-refractivity contribution in [2.45, 2.75) is 29.9 Å². The van der Waals surface area contributed by atoms with Crippen LogP contribution in [0.15, 0.2) is 18.2 Å². The maximum atomic E-state index is 10.8. The molecule has 1 aliphatic rings. The summed E-state index contributed by atoms with van der Waals surface area (Å²) in [5.74, 6) is 3.71. The first-order chi connectivity index (χ1) is 9.71. The lowest BCUT2D eigenvalue weighted by atomic mass is 10.0. The van der Waals surface area contributed by atoms with E-state index in [2.05, 4.69) is 6.92 Å². The first-order valence-corrected chi connectivity index (χ1v) is 8.94. The second kappa shape index (κ2) is 7.48. The summed E-state index contributed by atoms with van der Waals surface area (Å²) in [7, 11) is 3.26. The molecule has 3 atom stereocenters. The Balaban J connectivity index is 2.25. The van der Waals surface area contributed by atoms with E-state index in [1.54, 1.807) is 14.2 Å². The van der Waals surface area contributed by atoms with Crippen LogP contribution in [-0.4, -0.2) is 41.3 Å². The van der Waals surface area contributed by atoms with Crippen LogP contribution in [0.25, 0.3) is 0 Å². The lowest BCUT2D eigenvalue weighted by Crippen LogP contribution is -2.31. The average molecular weight is 314 g/mol. The van der Waals surface area contributed by atoms with Crippen molar-refractivity contribution in [2.24, 2.45) is 0 Å². The van der Waals surface area contributed by atoms with Crippen molar-refractivity contribution in [3.05, 3.63) is 23.8 Å². The molecule has 3 unspecified atom stereocenters. The van der Waals surface area contributed by atoms with Crippen LogP contribution < -0.4 is 9.47 Å². The van der Waals surface area contributed by atoms with Crippen LogP contribution in [-0.2, 0) is 0 Å². The third-order valence-electron chi connectivity index (χ3n) is 3.56. The fourth-order valence-corrected chi connectivity index (χ4v) is 5.60. The number of methoxy groups -OCH3 is 2. The molecule has 1 aromatic rings. The van der Waals surface area contributed by atoms with E-state index >= 15 is 0 Å². The molecule has 1 fully saturated rings. The fourth-order valence-electron chi connectivity index (χ4n) is 2.47. The third kappa shape index (κ3) is 3.38. The van der Waals surface area contributed by atoms with E-state index in [-0.39, 0.29) is 5.25 Å². The van der Waals surface area contributed by atoms with Crippen molar-refractivity contribution in [3.63, 3.8) is 0 Å². The number of hydrogen-bond donors (Lipinski definition) is 1. The summed E-state index contributed by atoms with van der Waals surface area (Å²) >= 11 is 3.84. The standard InChI is InChI=1S/C15H22O3S2/c1-4-13-15(20-8-7-19-13)14(16)11-6-5-10(17-2)9-12(11)18-3/h5-6,9,13-16H,4,7-8H2,1-3H3. The van der Waals surface area contributed by atoms with Gasteiger partial charge in [0.25, 0.3) is 0 Å². The van der Waals surface area contributed by atoms with Crippen LogP contribution in [0.5, 0.6) is 11.5 Å². The third-order valence-corrected chi connectivity index (χ3v) is 6.90. The van der Waals surface area contributed by atoms with Crippen molar-refractivity contribution in [2.75, 3.05) is 25.7 Å². The Hall–Kier alpha value is -0.520. The summed E-state index contributed by atoms with van der Waals surface area (Å²) in [5.41, 5.74) is 0.853. The van der Waals surface area contributed by atoms with Crippen molar-refractivity contribution in [1.82, 2.24) is 0 Å². The first-order valence-electron chi connectivity index (χ1n) is 6.84. The topological polar surface area (TPSA) is 38.7 Å². The van der Waals surface area contributed by atoms with Crippen LogP contribution in [0.1, 0.15) is 25.0 Å². The molecule has 0 amide bonds. The average Bonchev–Trinajstić information content (AvgIpc) is 2.53. The van der Waals surface area contributed by atoms with E-state index in [1.165, 1.54) is 5.75 Å². The predicted octanol–water partition coefficient (Wildman–Crippen LogP) is 3.36. The molecule has 1 N–H and O–H groups in total. The molecule has 0 aliphatic carbocycles. The molecular weight excluding hydrogens is 292 g/mol. The number of thioether (sulfide) groups is 2. The van der Waals surface area contributed by atoms with Crippen LogP contribution in [0, 0.1) is 0 Å². The highest BCUT2D eigenvalue weighted by atomic mass is 32.2. The normalized spacial score (nSPS) is 24.2. The van der Waals surface area contributed by atoms with Crippen LogP contribution in [0.4, 0.5) is 0 Å². The van der Waals surface area contributed by atoms with E-state index in [4.69, 9.17) is 9.47 Å². The molecule has 0 bridgehead atoms. The molecule has 3 nitrogen and oxygen atoms in total. The highest BCUT2D eigenvalue weighted by molar-refractivity contribution is 8.07. The minimum absolute atomic E-state index is 0.223. The van der Waals surface area contributed by atoms with Gasteiger partial charge in [0.05, 0.1) is 20.3 Å². The molecule has 0 spiro atoms. The van der Waals surface area contributed by atoms with Crippen LogP contribution >= 0.6 is 23.5 Å². The highest BCUT2D eigenvalue weighted by Gasteiger charge is 2.33. The number of benzene rings is 1. The van der Waals surface area contributed by atoms with E-state index in [9.17, 15) is 5.11 Å². The molecular formula is C15H22O3S2. The zero-order valence-electron chi connectivity index (χ0n) is 12.2. The molecule has 2 rings (SSSR count). The molecule has 112 valence electrons. The molecule has 1 aromatic carbocycles. The van der Waals surface area contributed by atoms with E-state index in [0.717, 1.165) is 23.5 Å². The molecule has 5 heteroatoms. The van der Waals surface area contributed by atoms with Gasteiger partial charge in [-0.05, 0) is 18.6 Å². The maximum Gasteiger partial charge on any atom is 0.128 e. The summed E-state index contributed by atoms with van der Waals surface area (Å²) in [4.78, 5) is 0. The Morgan fingerprint density at radius 1 is 1.25 bits per heavy atom. The van der Waals surface area contributed by atoms with Gasteiger partial charge in [-0.1, -0.05) is 6.92 Å². The SMILES string of the molecule is CCC1SCCSC1C(O)c1ccc(OC)cc1OC. The van der Waals surface area contributed by atoms with Crippen LogP contribution in [0.3, 0.4) is 0 Å². The van der Waals surface area contributed by atoms with Gasteiger partial charge >= 0.3 is 0 Å². The van der Waals surface area contributed by atoms with Gasteiger partial charge in [-0.3, -0.25) is 0 Å². The van der Waals surface area contributed by atoms with E-state index in [0.29, 0.717) is 11.0 Å². The van der Waals surface area contributed by atoms with Gasteiger partial charge in [-0.2, -0.15) is 23.5 Å². The molecule has 1 aliphatic heterocycles. The van der Waals surface area contributed by atoms with Crippen molar-refractivity contribution in [1.29, 1.82) is 0 Å². The molecule has 0 radical (unpaired) electrons. The Labute approximate surface area is 129 Å². The summed E-state index contributed by atoms with van der Waals surface area (Å²) in [6, 6.07) is 5.62. The molecule has 0 saturated carbocycles. The minimum Gasteiger partial charge on any atom is -0.497 e. The summed E-state index contributed by atoms with van der Waals surface area (Å²) in [6.07, 6.45) is 0.580. The summed E-state index contributed by atoms with van der Waals surface area (Å²) < 4.78 is 10.6. The van der Waals surface area contributed by atoms with Gasteiger partial charge in [-0.15, -0.1) is 0 Å². The van der Waals surface area contributed by atoms with Gasteiger partial charge in [0.15, 0.2) is 0 Å². The maximum absolute atomic E-state index is 10.8. The molecule has 0 aromatic heterocycles. The lowest BCUT2D eigenvalue weighted by Gasteiger charge is -2.34. The zero-order valence-corrected chi connectivity index (χ0v) is 13.8. The highest BCUT2D eigenvalue weighted by Crippen LogP contribution is 2.42. The number of hydrogen-bond acceptors (Lipinski definition) is 5. The Morgan fingerprint density at radius 3 is 2.65 bits per heavy atom. The molecule has 20 heavy (non-hydrogen) atoms. The molecule has 1 heterocycles. The van der Waals surface area contributed by atoms with E-state index < -0.39 is 6.10 Å². The van der Waals surface area contributed by atoms with Gasteiger partial charge in [0.1, 0.15) is 11.5 Å². The summed E-state index contributed by atoms with van der Waals surface area (Å²) in [6.45, 7) is 2.19. The van der Waals surface area contributed by atoms with E-state index in [1.807, 2.05) is 41.7 Å².